The summed E-state index contributed by atoms with van der Waals surface area (Å²) in [7, 11) is 0. The summed E-state index contributed by atoms with van der Waals surface area (Å²) in [6, 6.07) is 14.3. The Balaban J connectivity index is 2.28. The Kier molecular flexibility index (Phi) is 3.70. The van der Waals surface area contributed by atoms with Gasteiger partial charge >= 0.3 is 0 Å². The summed E-state index contributed by atoms with van der Waals surface area (Å²) in [5.41, 5.74) is 9.94. The Morgan fingerprint density at radius 3 is 2.67 bits per heavy atom. The average Bonchev–Trinajstić information content (AvgIpc) is 2.85. The number of hydrogen-bond acceptors (Lipinski definition) is 2. The largest absolute Gasteiger partial charge is 0.326 e. The number of nitrogens with two attached hydrogens (primary N) is 1. The highest BCUT2D eigenvalue weighted by Crippen LogP contribution is 2.30. The van der Waals surface area contributed by atoms with E-state index < -0.39 is 0 Å². The molecule has 1 heterocycles. The smallest absolute Gasteiger partial charge is 0.141 e. The molecule has 1 aromatic heterocycles. The van der Waals surface area contributed by atoms with Crippen LogP contribution in [0.3, 0.4) is 0 Å². The summed E-state index contributed by atoms with van der Waals surface area (Å²) in [4.78, 5) is 4.80. The van der Waals surface area contributed by atoms with Gasteiger partial charge in [-0.2, -0.15) is 0 Å². The second-order valence-corrected chi connectivity index (χ2v) is 5.87. The molecule has 0 radical (unpaired) electrons. The van der Waals surface area contributed by atoms with Crippen molar-refractivity contribution in [2.75, 3.05) is 0 Å². The molecule has 21 heavy (non-hydrogen) atoms. The Morgan fingerprint density at radius 1 is 1.19 bits per heavy atom. The normalized spacial score (nSPS) is 11.5. The Hall–Kier alpha value is -1.84. The molecular weight excluding hydrogens is 282 g/mol. The number of halogens is 1. The molecule has 0 bridgehead atoms. The number of imidazole rings is 1. The van der Waals surface area contributed by atoms with Gasteiger partial charge in [-0.1, -0.05) is 29.8 Å². The van der Waals surface area contributed by atoms with E-state index in [0.717, 1.165) is 33.0 Å². The summed E-state index contributed by atoms with van der Waals surface area (Å²) in [6.07, 6.45) is 0. The van der Waals surface area contributed by atoms with E-state index in [0.29, 0.717) is 12.6 Å². The van der Waals surface area contributed by atoms with Crippen LogP contribution in [-0.2, 0) is 6.54 Å². The zero-order chi connectivity index (χ0) is 15.0. The van der Waals surface area contributed by atoms with Gasteiger partial charge in [-0.05, 0) is 43.7 Å². The first-order valence-electron chi connectivity index (χ1n) is 7.07. The van der Waals surface area contributed by atoms with Gasteiger partial charge in [-0.25, -0.2) is 4.98 Å². The number of benzene rings is 2. The van der Waals surface area contributed by atoms with Crippen LogP contribution in [0.1, 0.15) is 25.5 Å². The molecule has 3 nitrogen and oxygen atoms in total. The molecule has 3 rings (SSSR count). The molecule has 0 fully saturated rings. The van der Waals surface area contributed by atoms with E-state index in [-0.39, 0.29) is 0 Å². The minimum Gasteiger partial charge on any atom is -0.326 e. The number of aromatic nitrogens is 2. The highest BCUT2D eigenvalue weighted by atomic mass is 35.5. The Labute approximate surface area is 129 Å². The minimum atomic E-state index is 0.313. The van der Waals surface area contributed by atoms with E-state index in [1.54, 1.807) is 0 Å². The van der Waals surface area contributed by atoms with Gasteiger partial charge in [0.05, 0.1) is 11.0 Å². The van der Waals surface area contributed by atoms with Crippen molar-refractivity contribution < 1.29 is 0 Å². The molecule has 2 N–H and O–H groups in total. The SMILES string of the molecule is CC(C)n1c(-c2cccc(Cl)c2)nc2cc(CN)ccc21. The standard InChI is InChI=1S/C17H18ClN3/c1-11(2)21-16-7-6-12(10-19)8-15(16)20-17(21)13-4-3-5-14(18)9-13/h3-9,11H,10,19H2,1-2H3. The first kappa shape index (κ1) is 14.1. The molecule has 3 aromatic rings. The van der Waals surface area contributed by atoms with Crippen LogP contribution in [-0.4, -0.2) is 9.55 Å². The van der Waals surface area contributed by atoms with Gasteiger partial charge in [0.2, 0.25) is 0 Å². The predicted molar refractivity (Wildman–Crippen MR) is 88.5 cm³/mol. The van der Waals surface area contributed by atoms with Crippen LogP contribution < -0.4 is 5.73 Å². The molecule has 0 saturated carbocycles. The second-order valence-electron chi connectivity index (χ2n) is 5.44. The van der Waals surface area contributed by atoms with Crippen molar-refractivity contribution in [3.05, 3.63) is 53.1 Å². The molecule has 0 aliphatic rings. The summed E-state index contributed by atoms with van der Waals surface area (Å²) in [5.74, 6) is 0.941. The molecular formula is C17H18ClN3. The average molecular weight is 300 g/mol. The van der Waals surface area contributed by atoms with E-state index in [1.807, 2.05) is 24.3 Å². The van der Waals surface area contributed by atoms with Crippen molar-refractivity contribution in [3.63, 3.8) is 0 Å². The Morgan fingerprint density at radius 2 is 2.00 bits per heavy atom. The number of nitrogens with zero attached hydrogens (tertiary/aromatic N) is 2. The predicted octanol–water partition coefficient (Wildman–Crippen LogP) is 4.40. The van der Waals surface area contributed by atoms with E-state index in [2.05, 4.69) is 36.6 Å². The zero-order valence-electron chi connectivity index (χ0n) is 12.2. The highest BCUT2D eigenvalue weighted by molar-refractivity contribution is 6.30. The fraction of sp³-hybridized carbons (Fsp3) is 0.235. The van der Waals surface area contributed by atoms with Crippen LogP contribution in [0, 0.1) is 0 Å². The van der Waals surface area contributed by atoms with Crippen LogP contribution in [0.2, 0.25) is 5.02 Å². The lowest BCUT2D eigenvalue weighted by atomic mass is 10.2. The molecule has 0 aliphatic carbocycles. The van der Waals surface area contributed by atoms with Gasteiger partial charge in [-0.3, -0.25) is 0 Å². The van der Waals surface area contributed by atoms with Crippen molar-refractivity contribution >= 4 is 22.6 Å². The summed E-state index contributed by atoms with van der Waals surface area (Å²) in [5, 5.41) is 0.720. The fourth-order valence-electron chi connectivity index (χ4n) is 2.63. The summed E-state index contributed by atoms with van der Waals surface area (Å²) < 4.78 is 2.24. The van der Waals surface area contributed by atoms with Crippen molar-refractivity contribution in [1.29, 1.82) is 0 Å². The Bertz CT molecular complexity index is 790. The second kappa shape index (κ2) is 5.51. The van der Waals surface area contributed by atoms with E-state index in [4.69, 9.17) is 22.3 Å². The van der Waals surface area contributed by atoms with Crippen molar-refractivity contribution in [2.24, 2.45) is 5.73 Å². The lowest BCUT2D eigenvalue weighted by Gasteiger charge is -2.13. The van der Waals surface area contributed by atoms with Crippen molar-refractivity contribution in [3.8, 4) is 11.4 Å². The summed E-state index contributed by atoms with van der Waals surface area (Å²) >= 11 is 6.12. The number of rotatable bonds is 3. The molecule has 0 aliphatic heterocycles. The quantitative estimate of drug-likeness (QED) is 0.779. The topological polar surface area (TPSA) is 43.8 Å². The zero-order valence-corrected chi connectivity index (χ0v) is 12.9. The maximum absolute atomic E-state index is 6.12. The summed E-state index contributed by atoms with van der Waals surface area (Å²) in [6.45, 7) is 4.84. The van der Waals surface area contributed by atoms with Gasteiger partial charge in [0, 0.05) is 23.2 Å². The molecule has 108 valence electrons. The van der Waals surface area contributed by atoms with Gasteiger partial charge < -0.3 is 10.3 Å². The minimum absolute atomic E-state index is 0.313. The molecule has 2 aromatic carbocycles. The van der Waals surface area contributed by atoms with Gasteiger partial charge in [0.15, 0.2) is 0 Å². The van der Waals surface area contributed by atoms with Gasteiger partial charge in [0.25, 0.3) is 0 Å². The van der Waals surface area contributed by atoms with E-state index >= 15 is 0 Å². The van der Waals surface area contributed by atoms with E-state index in [1.165, 1.54) is 0 Å². The lowest BCUT2D eigenvalue weighted by molar-refractivity contribution is 0.624. The van der Waals surface area contributed by atoms with Crippen molar-refractivity contribution in [1.82, 2.24) is 9.55 Å². The maximum Gasteiger partial charge on any atom is 0.141 e. The third-order valence-electron chi connectivity index (χ3n) is 3.59. The van der Waals surface area contributed by atoms with Gasteiger partial charge in [-0.15, -0.1) is 0 Å². The number of hydrogen-bond donors (Lipinski definition) is 1. The first-order chi connectivity index (χ1) is 10.1. The molecule has 4 heteroatoms. The monoisotopic (exact) mass is 299 g/mol. The van der Waals surface area contributed by atoms with Crippen LogP contribution in [0.25, 0.3) is 22.4 Å². The molecule has 0 saturated heterocycles. The third kappa shape index (κ3) is 2.55. The first-order valence-corrected chi connectivity index (χ1v) is 7.45. The van der Waals surface area contributed by atoms with Gasteiger partial charge in [0.1, 0.15) is 5.82 Å². The highest BCUT2D eigenvalue weighted by Gasteiger charge is 2.15. The fourth-order valence-corrected chi connectivity index (χ4v) is 2.82. The third-order valence-corrected chi connectivity index (χ3v) is 3.82. The van der Waals surface area contributed by atoms with Crippen LogP contribution in [0.4, 0.5) is 0 Å². The molecule has 0 atom stereocenters. The lowest BCUT2D eigenvalue weighted by Crippen LogP contribution is -2.03. The van der Waals surface area contributed by atoms with Crippen LogP contribution >= 0.6 is 11.6 Å². The van der Waals surface area contributed by atoms with Crippen LogP contribution in [0.5, 0.6) is 0 Å². The van der Waals surface area contributed by atoms with Crippen molar-refractivity contribution in [2.45, 2.75) is 26.4 Å². The number of fused-ring (bicyclic) bond motifs is 1. The maximum atomic E-state index is 6.12. The molecule has 0 spiro atoms. The van der Waals surface area contributed by atoms with Crippen LogP contribution in [0.15, 0.2) is 42.5 Å². The molecule has 0 unspecified atom stereocenters. The molecule has 0 amide bonds. The van der Waals surface area contributed by atoms with E-state index in [9.17, 15) is 0 Å².